The van der Waals surface area contributed by atoms with Gasteiger partial charge in [-0.2, -0.15) is 0 Å². The average Bonchev–Trinajstić information content (AvgIpc) is 2.70. The van der Waals surface area contributed by atoms with Crippen molar-refractivity contribution in [3.8, 4) is 0 Å². The van der Waals surface area contributed by atoms with E-state index in [0.29, 0.717) is 5.69 Å². The number of amides is 1. The van der Waals surface area contributed by atoms with Gasteiger partial charge in [-0.05, 0) is 55.5 Å². The van der Waals surface area contributed by atoms with Crippen LogP contribution in [0.15, 0.2) is 77.7 Å². The zero-order valence-corrected chi connectivity index (χ0v) is 16.2. The Labute approximate surface area is 168 Å². The molecular formula is C21H18N2O5S. The maximum atomic E-state index is 12.7. The fourth-order valence-corrected chi connectivity index (χ4v) is 3.67. The van der Waals surface area contributed by atoms with E-state index in [4.69, 9.17) is 5.11 Å². The summed E-state index contributed by atoms with van der Waals surface area (Å²) in [6, 6.07) is 18.2. The molecule has 29 heavy (non-hydrogen) atoms. The van der Waals surface area contributed by atoms with Crippen molar-refractivity contribution in [1.82, 2.24) is 0 Å². The van der Waals surface area contributed by atoms with E-state index in [0.717, 1.165) is 5.56 Å². The molecule has 3 aromatic rings. The first-order valence-corrected chi connectivity index (χ1v) is 10.1. The van der Waals surface area contributed by atoms with E-state index in [1.165, 1.54) is 36.4 Å². The van der Waals surface area contributed by atoms with Crippen molar-refractivity contribution in [3.05, 3.63) is 89.5 Å². The second-order valence-corrected chi connectivity index (χ2v) is 7.98. The lowest BCUT2D eigenvalue weighted by molar-refractivity contribution is 0.0696. The van der Waals surface area contributed by atoms with Crippen molar-refractivity contribution in [2.24, 2.45) is 0 Å². The molecule has 0 heterocycles. The number of sulfonamides is 1. The van der Waals surface area contributed by atoms with E-state index in [9.17, 15) is 18.0 Å². The molecule has 0 aromatic heterocycles. The van der Waals surface area contributed by atoms with Crippen molar-refractivity contribution in [2.75, 3.05) is 10.0 Å². The summed E-state index contributed by atoms with van der Waals surface area (Å²) in [6.07, 6.45) is 0. The Morgan fingerprint density at radius 1 is 0.862 bits per heavy atom. The van der Waals surface area contributed by atoms with Crippen LogP contribution in [0.5, 0.6) is 0 Å². The number of aromatic carboxylic acids is 1. The van der Waals surface area contributed by atoms with Gasteiger partial charge in [-0.3, -0.25) is 9.52 Å². The Bertz CT molecular complexity index is 1150. The molecule has 0 aliphatic heterocycles. The minimum absolute atomic E-state index is 0.0261. The SMILES string of the molecule is Cc1ccc(NC(=O)c2ccccc2NS(=O)(=O)c2ccc(C(=O)O)cc2)cc1. The van der Waals surface area contributed by atoms with E-state index in [1.54, 1.807) is 24.3 Å². The predicted molar refractivity (Wildman–Crippen MR) is 110 cm³/mol. The molecule has 8 heteroatoms. The number of nitrogens with one attached hydrogen (secondary N) is 2. The van der Waals surface area contributed by atoms with Gasteiger partial charge >= 0.3 is 5.97 Å². The number of carboxylic acids is 1. The summed E-state index contributed by atoms with van der Waals surface area (Å²) in [6.45, 7) is 1.93. The highest BCUT2D eigenvalue weighted by Gasteiger charge is 2.19. The third-order valence-electron chi connectivity index (χ3n) is 4.14. The van der Waals surface area contributed by atoms with Crippen molar-refractivity contribution in [2.45, 2.75) is 11.8 Å². The largest absolute Gasteiger partial charge is 0.478 e. The van der Waals surface area contributed by atoms with Crippen molar-refractivity contribution in [1.29, 1.82) is 0 Å². The summed E-state index contributed by atoms with van der Waals surface area (Å²) < 4.78 is 27.7. The summed E-state index contributed by atoms with van der Waals surface area (Å²) in [4.78, 5) is 23.5. The van der Waals surface area contributed by atoms with Crippen LogP contribution in [0.25, 0.3) is 0 Å². The number of benzene rings is 3. The molecule has 148 valence electrons. The number of para-hydroxylation sites is 1. The molecule has 0 radical (unpaired) electrons. The van der Waals surface area contributed by atoms with Crippen LogP contribution >= 0.6 is 0 Å². The summed E-state index contributed by atoms with van der Waals surface area (Å²) >= 11 is 0. The van der Waals surface area contributed by atoms with Crippen LogP contribution in [0.1, 0.15) is 26.3 Å². The zero-order chi connectivity index (χ0) is 21.0. The van der Waals surface area contributed by atoms with Crippen LogP contribution in [0.3, 0.4) is 0 Å². The lowest BCUT2D eigenvalue weighted by Gasteiger charge is -2.13. The summed E-state index contributed by atoms with van der Waals surface area (Å²) in [5.74, 6) is -1.62. The van der Waals surface area contributed by atoms with Crippen LogP contribution in [0, 0.1) is 6.92 Å². The van der Waals surface area contributed by atoms with Gasteiger partial charge in [-0.15, -0.1) is 0 Å². The second-order valence-electron chi connectivity index (χ2n) is 6.30. The summed E-state index contributed by atoms with van der Waals surface area (Å²) in [5, 5.41) is 11.7. The number of carbonyl (C=O) groups excluding carboxylic acids is 1. The number of rotatable bonds is 6. The monoisotopic (exact) mass is 410 g/mol. The van der Waals surface area contributed by atoms with Crippen LogP contribution < -0.4 is 10.0 Å². The van der Waals surface area contributed by atoms with E-state index in [-0.39, 0.29) is 21.7 Å². The molecule has 7 nitrogen and oxygen atoms in total. The molecule has 3 aromatic carbocycles. The number of hydrogen-bond acceptors (Lipinski definition) is 4. The van der Waals surface area contributed by atoms with Crippen LogP contribution in [0.4, 0.5) is 11.4 Å². The maximum Gasteiger partial charge on any atom is 0.335 e. The second kappa shape index (κ2) is 8.15. The topological polar surface area (TPSA) is 113 Å². The van der Waals surface area contributed by atoms with Gasteiger partial charge in [0.1, 0.15) is 0 Å². The summed E-state index contributed by atoms with van der Waals surface area (Å²) in [7, 11) is -4.01. The highest BCUT2D eigenvalue weighted by molar-refractivity contribution is 7.92. The van der Waals surface area contributed by atoms with Crippen molar-refractivity contribution < 1.29 is 23.1 Å². The van der Waals surface area contributed by atoms with E-state index >= 15 is 0 Å². The first-order valence-electron chi connectivity index (χ1n) is 8.59. The molecule has 3 N–H and O–H groups in total. The lowest BCUT2D eigenvalue weighted by atomic mass is 10.1. The van der Waals surface area contributed by atoms with Crippen LogP contribution in [0.2, 0.25) is 0 Å². The molecule has 0 saturated carbocycles. The highest BCUT2D eigenvalue weighted by Crippen LogP contribution is 2.22. The number of aryl methyl sites for hydroxylation is 1. The highest BCUT2D eigenvalue weighted by atomic mass is 32.2. The van der Waals surface area contributed by atoms with Gasteiger partial charge in [-0.1, -0.05) is 29.8 Å². The van der Waals surface area contributed by atoms with Gasteiger partial charge in [-0.25, -0.2) is 13.2 Å². The Morgan fingerprint density at radius 2 is 1.48 bits per heavy atom. The predicted octanol–water partition coefficient (Wildman–Crippen LogP) is 3.75. The zero-order valence-electron chi connectivity index (χ0n) is 15.4. The van der Waals surface area contributed by atoms with E-state index in [1.807, 2.05) is 19.1 Å². The normalized spacial score (nSPS) is 10.9. The van der Waals surface area contributed by atoms with Crippen LogP contribution in [-0.2, 0) is 10.0 Å². The van der Waals surface area contributed by atoms with Crippen molar-refractivity contribution >= 4 is 33.3 Å². The first-order chi connectivity index (χ1) is 13.8. The number of anilines is 2. The fraction of sp³-hybridized carbons (Fsp3) is 0.0476. The summed E-state index contributed by atoms with van der Waals surface area (Å²) in [5.41, 5.74) is 1.87. The Morgan fingerprint density at radius 3 is 2.10 bits per heavy atom. The smallest absolute Gasteiger partial charge is 0.335 e. The molecule has 0 unspecified atom stereocenters. The van der Waals surface area contributed by atoms with Crippen LogP contribution in [-0.4, -0.2) is 25.4 Å². The van der Waals surface area contributed by atoms with E-state index < -0.39 is 21.9 Å². The molecule has 0 bridgehead atoms. The number of carbonyl (C=O) groups is 2. The third kappa shape index (κ3) is 4.80. The van der Waals surface area contributed by atoms with Gasteiger partial charge in [0.25, 0.3) is 15.9 Å². The quantitative estimate of drug-likeness (QED) is 0.573. The molecule has 0 atom stereocenters. The molecule has 0 fully saturated rings. The van der Waals surface area contributed by atoms with Gasteiger partial charge in [0, 0.05) is 5.69 Å². The maximum absolute atomic E-state index is 12.7. The molecule has 1 amide bonds. The average molecular weight is 410 g/mol. The molecule has 0 aliphatic carbocycles. The standard InChI is InChI=1S/C21H18N2O5S/c1-14-6-10-16(11-7-14)22-20(24)18-4-2-3-5-19(18)23-29(27,28)17-12-8-15(9-13-17)21(25)26/h2-13,23H,1H3,(H,22,24)(H,25,26). The minimum Gasteiger partial charge on any atom is -0.478 e. The molecule has 0 aliphatic rings. The molecule has 3 rings (SSSR count). The number of carboxylic acid groups (broad SMARTS) is 1. The lowest BCUT2D eigenvalue weighted by Crippen LogP contribution is -2.18. The minimum atomic E-state index is -4.01. The van der Waals surface area contributed by atoms with E-state index in [2.05, 4.69) is 10.0 Å². The van der Waals surface area contributed by atoms with Gasteiger partial charge < -0.3 is 10.4 Å². The molecular weight excluding hydrogens is 392 g/mol. The van der Waals surface area contributed by atoms with Gasteiger partial charge in [0.05, 0.1) is 21.7 Å². The Balaban J connectivity index is 1.85. The van der Waals surface area contributed by atoms with Gasteiger partial charge in [0.15, 0.2) is 0 Å². The van der Waals surface area contributed by atoms with Crippen molar-refractivity contribution in [3.63, 3.8) is 0 Å². The molecule has 0 spiro atoms. The Hall–Kier alpha value is -3.65. The van der Waals surface area contributed by atoms with Gasteiger partial charge in [0.2, 0.25) is 0 Å². The Kier molecular flexibility index (Phi) is 5.65. The fourth-order valence-electron chi connectivity index (χ4n) is 2.59. The third-order valence-corrected chi connectivity index (χ3v) is 5.52. The molecule has 0 saturated heterocycles. The first kappa shape index (κ1) is 20.1. The number of hydrogen-bond donors (Lipinski definition) is 3.